The molecule has 1 fully saturated rings. The van der Waals surface area contributed by atoms with Crippen LogP contribution in [-0.2, 0) is 4.74 Å². The van der Waals surface area contributed by atoms with Crippen molar-refractivity contribution in [2.24, 2.45) is 5.73 Å². The molecule has 0 radical (unpaired) electrons. The number of aromatic nitrogens is 3. The van der Waals surface area contributed by atoms with Crippen LogP contribution in [0.5, 0.6) is 0 Å². The minimum atomic E-state index is -1.26. The van der Waals surface area contributed by atoms with Gasteiger partial charge in [0.05, 0.1) is 17.1 Å². The highest BCUT2D eigenvalue weighted by Crippen LogP contribution is 2.35. The van der Waals surface area contributed by atoms with Crippen LogP contribution in [0.25, 0.3) is 11.0 Å². The number of carbonyl (C=O) groups excluding carboxylic acids is 1. The second-order valence-electron chi connectivity index (χ2n) is 5.33. The number of fused-ring (bicyclic) bond motifs is 1. The zero-order valence-corrected chi connectivity index (χ0v) is 12.0. The van der Waals surface area contributed by atoms with Crippen molar-refractivity contribution in [2.75, 3.05) is 12.3 Å². The van der Waals surface area contributed by atoms with Crippen LogP contribution in [0.4, 0.5) is 5.82 Å². The largest absolute Gasteiger partial charge is 0.396 e. The van der Waals surface area contributed by atoms with E-state index in [0.29, 0.717) is 0 Å². The van der Waals surface area contributed by atoms with E-state index in [-0.39, 0.29) is 35.4 Å². The van der Waals surface area contributed by atoms with Gasteiger partial charge in [-0.2, -0.15) is 0 Å². The summed E-state index contributed by atoms with van der Waals surface area (Å²) in [6, 6.07) is 0. The molecule has 0 saturated carbocycles. The molecule has 3 heterocycles. The Morgan fingerprint density at radius 3 is 2.74 bits per heavy atom. The monoisotopic (exact) mass is 323 g/mol. The maximum atomic E-state index is 11.6. The summed E-state index contributed by atoms with van der Waals surface area (Å²) in [6.45, 7) is -0.199. The Balaban J connectivity index is 2.10. The zero-order chi connectivity index (χ0) is 16.7. The summed E-state index contributed by atoms with van der Waals surface area (Å²) in [7, 11) is 0. The Morgan fingerprint density at radius 2 is 2.09 bits per heavy atom. The first kappa shape index (κ1) is 15.6. The highest BCUT2D eigenvalue weighted by Gasteiger charge is 2.44. The molecule has 0 aromatic carbocycles. The van der Waals surface area contributed by atoms with Crippen LogP contribution in [0.15, 0.2) is 12.5 Å². The van der Waals surface area contributed by atoms with Crippen molar-refractivity contribution in [1.29, 1.82) is 0 Å². The molecule has 0 bridgehead atoms. The van der Waals surface area contributed by atoms with Crippen molar-refractivity contribution in [3.63, 3.8) is 0 Å². The minimum Gasteiger partial charge on any atom is -0.396 e. The third-order valence-electron chi connectivity index (χ3n) is 3.93. The van der Waals surface area contributed by atoms with Gasteiger partial charge in [0.25, 0.3) is 5.91 Å². The molecule has 1 amide bonds. The average molecular weight is 323 g/mol. The number of rotatable bonds is 4. The Morgan fingerprint density at radius 1 is 1.35 bits per heavy atom. The van der Waals surface area contributed by atoms with Crippen LogP contribution >= 0.6 is 0 Å². The normalized spacial score (nSPS) is 27.6. The molecule has 1 aliphatic rings. The van der Waals surface area contributed by atoms with Gasteiger partial charge >= 0.3 is 0 Å². The molecule has 1 aliphatic heterocycles. The lowest BCUT2D eigenvalue weighted by Crippen LogP contribution is -2.31. The van der Waals surface area contributed by atoms with Crippen molar-refractivity contribution >= 4 is 22.8 Å². The minimum absolute atomic E-state index is 0.0718. The molecule has 0 unspecified atom stereocenters. The van der Waals surface area contributed by atoms with E-state index >= 15 is 0 Å². The predicted molar refractivity (Wildman–Crippen MR) is 78.1 cm³/mol. The van der Waals surface area contributed by atoms with Crippen LogP contribution in [0.1, 0.15) is 23.0 Å². The summed E-state index contributed by atoms with van der Waals surface area (Å²) < 4.78 is 6.99. The molecule has 3 rings (SSSR count). The van der Waals surface area contributed by atoms with E-state index in [0.717, 1.165) is 0 Å². The van der Waals surface area contributed by atoms with E-state index in [1.165, 1.54) is 17.1 Å². The second-order valence-corrected chi connectivity index (χ2v) is 5.33. The van der Waals surface area contributed by atoms with Gasteiger partial charge in [0.15, 0.2) is 6.23 Å². The van der Waals surface area contributed by atoms with Gasteiger partial charge in [-0.1, -0.05) is 0 Å². The highest BCUT2D eigenvalue weighted by atomic mass is 16.6. The fourth-order valence-corrected chi connectivity index (χ4v) is 2.81. The highest BCUT2D eigenvalue weighted by molar-refractivity contribution is 6.08. The van der Waals surface area contributed by atoms with Gasteiger partial charge in [0.2, 0.25) is 0 Å². The first-order valence-electron chi connectivity index (χ1n) is 6.99. The first-order valence-corrected chi connectivity index (χ1v) is 6.99. The van der Waals surface area contributed by atoms with Gasteiger partial charge < -0.3 is 36.1 Å². The summed E-state index contributed by atoms with van der Waals surface area (Å²) >= 11 is 0. The van der Waals surface area contributed by atoms with Crippen molar-refractivity contribution in [1.82, 2.24) is 14.5 Å². The molecule has 10 heteroatoms. The number of nitrogens with zero attached hydrogens (tertiary/aromatic N) is 3. The standard InChI is InChI=1S/C13H17N5O5/c14-10-7-5(11(15)22)3-18(12(7)17-4-16-10)13-9(21)8(20)6(23-13)1-2-19/h3-4,6,8-9,13,19-21H,1-2H2,(H2,15,22)(H2,14,16,17)/t6-,8-,9-,13-/m1/s1. The quantitative estimate of drug-likeness (QED) is 0.435. The number of carbonyl (C=O) groups is 1. The van der Waals surface area contributed by atoms with Gasteiger partial charge in [-0.3, -0.25) is 4.79 Å². The van der Waals surface area contributed by atoms with Gasteiger partial charge in [-0.25, -0.2) is 9.97 Å². The van der Waals surface area contributed by atoms with E-state index in [2.05, 4.69) is 9.97 Å². The molecule has 4 atom stereocenters. The van der Waals surface area contributed by atoms with Crippen LogP contribution in [0.3, 0.4) is 0 Å². The number of hydrogen-bond acceptors (Lipinski definition) is 8. The summed E-state index contributed by atoms with van der Waals surface area (Å²) in [5.74, 6) is -0.655. The predicted octanol–water partition coefficient (Wildman–Crippen LogP) is -1.89. The van der Waals surface area contributed by atoms with Crippen molar-refractivity contribution < 1.29 is 24.9 Å². The fraction of sp³-hybridized carbons (Fsp3) is 0.462. The molecular formula is C13H17N5O5. The SMILES string of the molecule is NC(=O)c1cn([C@@H]2O[C@H](CCO)[C@@H](O)[C@H]2O)c2ncnc(N)c12. The number of hydrogen-bond donors (Lipinski definition) is 5. The Kier molecular flexibility index (Phi) is 3.90. The van der Waals surface area contributed by atoms with Crippen molar-refractivity contribution in [3.8, 4) is 0 Å². The molecule has 0 spiro atoms. The number of amides is 1. The summed E-state index contributed by atoms with van der Waals surface area (Å²) in [6.07, 6.45) is -1.45. The molecule has 2 aromatic rings. The smallest absolute Gasteiger partial charge is 0.251 e. The van der Waals surface area contributed by atoms with Crippen molar-refractivity contribution in [2.45, 2.75) is 31.0 Å². The number of ether oxygens (including phenoxy) is 1. The second kappa shape index (κ2) is 5.74. The maximum absolute atomic E-state index is 11.6. The van der Waals surface area contributed by atoms with E-state index < -0.39 is 30.4 Å². The van der Waals surface area contributed by atoms with Gasteiger partial charge in [-0.05, 0) is 6.42 Å². The number of aliphatic hydroxyl groups excluding tert-OH is 3. The van der Waals surface area contributed by atoms with Crippen LogP contribution in [-0.4, -0.2) is 60.7 Å². The molecule has 2 aromatic heterocycles. The molecule has 124 valence electrons. The van der Waals surface area contributed by atoms with Crippen LogP contribution < -0.4 is 11.5 Å². The Hall–Kier alpha value is -2.27. The topological polar surface area (TPSA) is 170 Å². The Bertz CT molecular complexity index is 748. The van der Waals surface area contributed by atoms with Gasteiger partial charge in [-0.15, -0.1) is 0 Å². The van der Waals surface area contributed by atoms with Gasteiger partial charge in [0.1, 0.15) is 30.0 Å². The lowest BCUT2D eigenvalue weighted by molar-refractivity contribution is -0.0403. The molecule has 0 aliphatic carbocycles. The number of nitrogen functional groups attached to an aromatic ring is 1. The number of anilines is 1. The molecule has 23 heavy (non-hydrogen) atoms. The van der Waals surface area contributed by atoms with E-state index in [4.69, 9.17) is 21.3 Å². The lowest BCUT2D eigenvalue weighted by atomic mass is 10.1. The first-order chi connectivity index (χ1) is 11.0. The number of primary amides is 1. The third kappa shape index (κ3) is 2.41. The summed E-state index contributed by atoms with van der Waals surface area (Å²) in [5, 5.41) is 29.5. The fourth-order valence-electron chi connectivity index (χ4n) is 2.81. The van der Waals surface area contributed by atoms with Crippen molar-refractivity contribution in [3.05, 3.63) is 18.1 Å². The van der Waals surface area contributed by atoms with E-state index in [1.54, 1.807) is 0 Å². The lowest BCUT2D eigenvalue weighted by Gasteiger charge is -2.17. The average Bonchev–Trinajstić information content (AvgIpc) is 3.02. The number of nitrogens with two attached hydrogens (primary N) is 2. The van der Waals surface area contributed by atoms with E-state index in [9.17, 15) is 15.0 Å². The molecule has 7 N–H and O–H groups in total. The molecular weight excluding hydrogens is 306 g/mol. The maximum Gasteiger partial charge on any atom is 0.251 e. The van der Waals surface area contributed by atoms with E-state index in [1.807, 2.05) is 0 Å². The zero-order valence-electron chi connectivity index (χ0n) is 12.0. The van der Waals surface area contributed by atoms with Crippen LogP contribution in [0.2, 0.25) is 0 Å². The number of aliphatic hydroxyl groups is 3. The van der Waals surface area contributed by atoms with Gasteiger partial charge in [0, 0.05) is 12.8 Å². The molecule has 10 nitrogen and oxygen atoms in total. The summed E-state index contributed by atoms with van der Waals surface area (Å²) in [4.78, 5) is 19.5. The Labute approximate surface area is 130 Å². The van der Waals surface area contributed by atoms with Crippen LogP contribution in [0, 0.1) is 0 Å². The molecule has 1 saturated heterocycles. The summed E-state index contributed by atoms with van der Waals surface area (Å²) in [5.41, 5.74) is 11.5. The third-order valence-corrected chi connectivity index (χ3v) is 3.93.